The Kier molecular flexibility index (Phi) is 4.28. The fourth-order valence-electron chi connectivity index (χ4n) is 4.79. The van der Waals surface area contributed by atoms with Crippen LogP contribution in [0.15, 0.2) is 18.2 Å². The first-order chi connectivity index (χ1) is 13.2. The third-order valence-electron chi connectivity index (χ3n) is 6.37. The van der Waals surface area contributed by atoms with Gasteiger partial charge in [0.1, 0.15) is 11.9 Å². The van der Waals surface area contributed by atoms with E-state index in [9.17, 15) is 4.79 Å². The maximum absolute atomic E-state index is 12.8. The smallest absolute Gasteiger partial charge is 0.272 e. The van der Waals surface area contributed by atoms with Crippen LogP contribution in [0.5, 0.6) is 5.75 Å². The van der Waals surface area contributed by atoms with Crippen molar-refractivity contribution in [1.29, 1.82) is 0 Å². The summed E-state index contributed by atoms with van der Waals surface area (Å²) in [6.07, 6.45) is 3.65. The van der Waals surface area contributed by atoms with Gasteiger partial charge in [0.2, 0.25) is 0 Å². The van der Waals surface area contributed by atoms with Crippen LogP contribution in [-0.2, 0) is 0 Å². The van der Waals surface area contributed by atoms with Crippen molar-refractivity contribution in [1.82, 2.24) is 25.3 Å². The number of likely N-dealkylation sites (tertiary alicyclic amines) is 1. The van der Waals surface area contributed by atoms with Gasteiger partial charge in [0.05, 0.1) is 5.52 Å². The summed E-state index contributed by atoms with van der Waals surface area (Å²) in [5, 5.41) is 11.4. The van der Waals surface area contributed by atoms with E-state index in [1.165, 1.54) is 25.9 Å². The molecule has 1 aromatic carbocycles. The maximum Gasteiger partial charge on any atom is 0.272 e. The predicted octanol–water partition coefficient (Wildman–Crippen LogP) is 1.47. The van der Waals surface area contributed by atoms with E-state index in [0.717, 1.165) is 42.7 Å². The van der Waals surface area contributed by atoms with Gasteiger partial charge in [-0.1, -0.05) is 0 Å². The molecule has 1 aromatic heterocycles. The molecule has 0 saturated carbocycles. The molecule has 2 atom stereocenters. The van der Waals surface area contributed by atoms with Crippen LogP contribution in [-0.4, -0.2) is 77.8 Å². The molecule has 0 spiro atoms. The molecule has 0 aliphatic carbocycles. The van der Waals surface area contributed by atoms with E-state index < -0.39 is 0 Å². The number of hydrogen-bond acceptors (Lipinski definition) is 5. The van der Waals surface area contributed by atoms with Crippen LogP contribution in [0.4, 0.5) is 0 Å². The average molecular weight is 369 g/mol. The minimum Gasteiger partial charge on any atom is -0.489 e. The lowest BCUT2D eigenvalue weighted by Gasteiger charge is -2.44. The minimum atomic E-state index is -0.0777. The van der Waals surface area contributed by atoms with Crippen molar-refractivity contribution in [2.45, 2.75) is 31.4 Å². The molecule has 4 saturated heterocycles. The fourth-order valence-corrected chi connectivity index (χ4v) is 4.79. The molecule has 2 unspecified atom stereocenters. The lowest BCUT2D eigenvalue weighted by molar-refractivity contribution is 0.0618. The van der Waals surface area contributed by atoms with E-state index in [4.69, 9.17) is 4.74 Å². The summed E-state index contributed by atoms with van der Waals surface area (Å²) in [5.74, 6) is 1.36. The van der Waals surface area contributed by atoms with Crippen LogP contribution in [0, 0.1) is 5.92 Å². The molecule has 27 heavy (non-hydrogen) atoms. The number of nitrogens with zero attached hydrogens (tertiary/aromatic N) is 3. The number of hydrogen-bond donors (Lipinski definition) is 2. The Balaban J connectivity index is 1.30. The highest BCUT2D eigenvalue weighted by Crippen LogP contribution is 2.28. The number of nitrogens with one attached hydrogen (secondary N) is 2. The van der Waals surface area contributed by atoms with Crippen molar-refractivity contribution in [2.24, 2.45) is 5.92 Å². The zero-order chi connectivity index (χ0) is 18.4. The average Bonchev–Trinajstić information content (AvgIpc) is 3.28. The Morgan fingerprint density at radius 1 is 1.22 bits per heavy atom. The summed E-state index contributed by atoms with van der Waals surface area (Å²) in [4.78, 5) is 17.5. The van der Waals surface area contributed by atoms with Crippen molar-refractivity contribution < 1.29 is 9.53 Å². The monoisotopic (exact) mass is 369 g/mol. The van der Waals surface area contributed by atoms with Gasteiger partial charge in [-0.2, -0.15) is 5.10 Å². The lowest BCUT2D eigenvalue weighted by atomic mass is 9.84. The number of fused-ring (bicyclic) bond motifs is 4. The lowest BCUT2D eigenvalue weighted by Crippen LogP contribution is -2.57. The maximum atomic E-state index is 12.8. The van der Waals surface area contributed by atoms with Crippen molar-refractivity contribution in [3.63, 3.8) is 0 Å². The second kappa shape index (κ2) is 6.80. The molecule has 2 bridgehead atoms. The Morgan fingerprint density at radius 3 is 2.78 bits per heavy atom. The Hall–Kier alpha value is -2.12. The largest absolute Gasteiger partial charge is 0.489 e. The van der Waals surface area contributed by atoms with E-state index >= 15 is 0 Å². The second-order valence-electron chi connectivity index (χ2n) is 8.29. The van der Waals surface area contributed by atoms with Crippen molar-refractivity contribution in [3.8, 4) is 5.75 Å². The molecule has 2 aromatic rings. The Bertz CT molecular complexity index is 842. The summed E-state index contributed by atoms with van der Waals surface area (Å²) < 4.78 is 6.08. The molecule has 0 radical (unpaired) electrons. The van der Waals surface area contributed by atoms with Crippen LogP contribution in [0.2, 0.25) is 0 Å². The van der Waals surface area contributed by atoms with Gasteiger partial charge >= 0.3 is 0 Å². The van der Waals surface area contributed by atoms with Gasteiger partial charge in [-0.25, -0.2) is 0 Å². The van der Waals surface area contributed by atoms with Gasteiger partial charge < -0.3 is 19.9 Å². The molecule has 7 heteroatoms. The van der Waals surface area contributed by atoms with Gasteiger partial charge in [-0.15, -0.1) is 0 Å². The molecule has 5 heterocycles. The molecule has 144 valence electrons. The molecular weight excluding hydrogens is 342 g/mol. The number of aromatic nitrogens is 2. The van der Waals surface area contributed by atoms with Gasteiger partial charge in [0.25, 0.3) is 5.91 Å². The van der Waals surface area contributed by atoms with Crippen molar-refractivity contribution in [3.05, 3.63) is 23.9 Å². The van der Waals surface area contributed by atoms with Gasteiger partial charge in [-0.05, 0) is 57.5 Å². The molecule has 2 N–H and O–H groups in total. The van der Waals surface area contributed by atoms with Crippen molar-refractivity contribution in [2.75, 3.05) is 39.8 Å². The number of piperidine rings is 3. The highest BCUT2D eigenvalue weighted by Gasteiger charge is 2.35. The summed E-state index contributed by atoms with van der Waals surface area (Å²) in [6, 6.07) is 6.08. The first-order valence-electron chi connectivity index (χ1n) is 10.0. The number of benzene rings is 1. The van der Waals surface area contributed by atoms with Gasteiger partial charge in [0, 0.05) is 37.1 Å². The molecule has 7 nitrogen and oxygen atoms in total. The number of carbonyl (C=O) groups is 1. The molecular formula is C20H27N5O2. The highest BCUT2D eigenvalue weighted by molar-refractivity contribution is 6.05. The first kappa shape index (κ1) is 17.0. The summed E-state index contributed by atoms with van der Waals surface area (Å²) in [5.41, 5.74) is 1.33. The van der Waals surface area contributed by atoms with Gasteiger partial charge in [-0.3, -0.25) is 9.89 Å². The second-order valence-corrected chi connectivity index (χ2v) is 8.29. The summed E-state index contributed by atoms with van der Waals surface area (Å²) in [6.45, 7) is 5.32. The quantitative estimate of drug-likeness (QED) is 0.854. The zero-order valence-electron chi connectivity index (χ0n) is 15.8. The van der Waals surface area contributed by atoms with E-state index in [0.29, 0.717) is 11.6 Å². The molecule has 6 rings (SSSR count). The van der Waals surface area contributed by atoms with E-state index in [2.05, 4.69) is 32.4 Å². The predicted molar refractivity (Wildman–Crippen MR) is 103 cm³/mol. The van der Waals surface area contributed by atoms with Crippen molar-refractivity contribution >= 4 is 16.8 Å². The van der Waals surface area contributed by atoms with Crippen LogP contribution in [0.1, 0.15) is 29.8 Å². The normalized spacial score (nSPS) is 30.7. The highest BCUT2D eigenvalue weighted by atomic mass is 16.5. The van der Waals surface area contributed by atoms with E-state index in [-0.39, 0.29) is 18.1 Å². The van der Waals surface area contributed by atoms with Crippen LogP contribution in [0.25, 0.3) is 10.9 Å². The first-order valence-corrected chi connectivity index (χ1v) is 10.0. The number of H-pyrrole nitrogens is 1. The summed E-state index contributed by atoms with van der Waals surface area (Å²) >= 11 is 0. The molecule has 4 aliphatic heterocycles. The molecule has 4 aliphatic rings. The third-order valence-corrected chi connectivity index (χ3v) is 6.37. The number of carbonyl (C=O) groups excluding carboxylic acids is 1. The fraction of sp³-hybridized carbons (Fsp3) is 0.600. The molecule has 1 amide bonds. The van der Waals surface area contributed by atoms with E-state index in [1.54, 1.807) is 0 Å². The Labute approximate surface area is 159 Å². The Morgan fingerprint density at radius 2 is 2.07 bits per heavy atom. The topological polar surface area (TPSA) is 73.5 Å². The van der Waals surface area contributed by atoms with Crippen LogP contribution >= 0.6 is 0 Å². The van der Waals surface area contributed by atoms with Gasteiger partial charge in [0.15, 0.2) is 5.69 Å². The number of likely N-dealkylation sites (N-methyl/N-ethyl adjacent to an activating group) is 1. The molecule has 4 fully saturated rings. The SMILES string of the molecule is CN1CCC(Oc2ccc3c(C(=O)NC4CN5CCC4CC5)n[nH]c3c2)C1. The zero-order valence-corrected chi connectivity index (χ0v) is 15.8. The third kappa shape index (κ3) is 3.30. The standard InChI is InChI=1S/C20H27N5O2/c1-24-7-6-15(11-24)27-14-2-3-16-17(10-14)22-23-19(16)20(26)21-18-12-25-8-4-13(18)5-9-25/h2-3,10,13,15,18H,4-9,11-12H2,1H3,(H,21,26)(H,22,23). The summed E-state index contributed by atoms with van der Waals surface area (Å²) in [7, 11) is 2.11. The number of rotatable bonds is 4. The van der Waals surface area contributed by atoms with Crippen LogP contribution in [0.3, 0.4) is 0 Å². The van der Waals surface area contributed by atoms with E-state index in [1.807, 2.05) is 18.2 Å². The van der Waals surface area contributed by atoms with Crippen LogP contribution < -0.4 is 10.1 Å². The minimum absolute atomic E-state index is 0.0777. The number of amides is 1. The number of ether oxygens (including phenoxy) is 1. The number of aromatic amines is 1.